The van der Waals surface area contributed by atoms with Crippen LogP contribution in [-0.4, -0.2) is 193 Å². The zero-order valence-electron chi connectivity index (χ0n) is 46.5. The number of ether oxygens (including phenoxy) is 6. The first-order valence-corrected chi connectivity index (χ1v) is 29.9. The highest BCUT2D eigenvalue weighted by molar-refractivity contribution is 5.76. The molecule has 3 rings (SSSR count). The standard InChI is InChI=1S/C57H107NO18/c1-3-5-7-9-11-13-15-17-18-19-20-21-23-24-26-28-30-32-34-41(62)40(58-45(63)35-33-31-29-27-25-22-16-14-12-10-8-6-4-2)39-71-55-51(69)48(66)53(43(37-60)73-55)76-57-52(70)49(67)54(44(38-61)74-57)75-56-50(68)47(65)46(64)42(36-59)72-56/h32,34,40-44,46-57,59-62,64-70H,3-31,33,35-39H2,1-2H3,(H,58,63)/b34-32+. The molecule has 12 N–H and O–H groups in total. The summed E-state index contributed by atoms with van der Waals surface area (Å²) in [6.07, 6.45) is 13.3. The Morgan fingerprint density at radius 1 is 0.461 bits per heavy atom. The van der Waals surface area contributed by atoms with E-state index in [9.17, 15) is 61.0 Å². The monoisotopic (exact) mass is 1090 g/mol. The second-order valence-corrected chi connectivity index (χ2v) is 21.8. The second-order valence-electron chi connectivity index (χ2n) is 21.8. The van der Waals surface area contributed by atoms with Crippen molar-refractivity contribution in [1.29, 1.82) is 0 Å². The summed E-state index contributed by atoms with van der Waals surface area (Å²) >= 11 is 0. The molecule has 0 radical (unpaired) electrons. The van der Waals surface area contributed by atoms with Gasteiger partial charge in [0.2, 0.25) is 5.91 Å². The first-order valence-electron chi connectivity index (χ1n) is 29.9. The maximum absolute atomic E-state index is 13.3. The summed E-state index contributed by atoms with van der Waals surface area (Å²) in [6.45, 7) is 1.73. The molecule has 3 aliphatic rings. The third kappa shape index (κ3) is 25.5. The van der Waals surface area contributed by atoms with Gasteiger partial charge >= 0.3 is 0 Å². The van der Waals surface area contributed by atoms with Gasteiger partial charge in [-0.3, -0.25) is 4.79 Å². The van der Waals surface area contributed by atoms with Crippen LogP contribution in [-0.2, 0) is 33.2 Å². The maximum Gasteiger partial charge on any atom is 0.220 e. The lowest BCUT2D eigenvalue weighted by Crippen LogP contribution is -2.66. The van der Waals surface area contributed by atoms with Crippen LogP contribution >= 0.6 is 0 Å². The fourth-order valence-corrected chi connectivity index (χ4v) is 10.4. The molecular weight excluding hydrogens is 987 g/mol. The first-order chi connectivity index (χ1) is 36.8. The van der Waals surface area contributed by atoms with Crippen molar-refractivity contribution in [1.82, 2.24) is 5.32 Å². The largest absolute Gasteiger partial charge is 0.394 e. The number of nitrogens with one attached hydrogen (secondary N) is 1. The van der Waals surface area contributed by atoms with Crippen LogP contribution in [0.1, 0.15) is 213 Å². The van der Waals surface area contributed by atoms with Gasteiger partial charge in [0.15, 0.2) is 18.9 Å². The van der Waals surface area contributed by atoms with E-state index in [0.29, 0.717) is 6.42 Å². The number of unbranched alkanes of at least 4 members (excludes halogenated alkanes) is 28. The van der Waals surface area contributed by atoms with Gasteiger partial charge in [-0.1, -0.05) is 199 Å². The van der Waals surface area contributed by atoms with Crippen molar-refractivity contribution < 1.29 is 89.4 Å². The Hall–Kier alpha value is -1.47. The summed E-state index contributed by atoms with van der Waals surface area (Å²) < 4.78 is 34.2. The molecule has 3 fully saturated rings. The number of hydrogen-bond donors (Lipinski definition) is 12. The zero-order chi connectivity index (χ0) is 55.5. The smallest absolute Gasteiger partial charge is 0.220 e. The van der Waals surface area contributed by atoms with E-state index in [1.165, 1.54) is 141 Å². The van der Waals surface area contributed by atoms with Crippen molar-refractivity contribution in [2.45, 2.75) is 317 Å². The molecule has 3 saturated heterocycles. The summed E-state index contributed by atoms with van der Waals surface area (Å²) in [7, 11) is 0. The maximum atomic E-state index is 13.3. The van der Waals surface area contributed by atoms with E-state index >= 15 is 0 Å². The molecule has 17 atom stereocenters. The van der Waals surface area contributed by atoms with Crippen molar-refractivity contribution in [2.75, 3.05) is 26.4 Å². The molecule has 0 saturated carbocycles. The number of rotatable bonds is 44. The van der Waals surface area contributed by atoms with E-state index < -0.39 is 124 Å². The first kappa shape index (κ1) is 68.8. The number of hydrogen-bond acceptors (Lipinski definition) is 18. The average molecular weight is 1090 g/mol. The molecule has 0 aromatic heterocycles. The number of aliphatic hydroxyl groups excluding tert-OH is 11. The van der Waals surface area contributed by atoms with Gasteiger partial charge < -0.3 is 89.9 Å². The van der Waals surface area contributed by atoms with Crippen LogP contribution < -0.4 is 5.32 Å². The predicted octanol–water partition coefficient (Wildman–Crippen LogP) is 4.99. The molecule has 76 heavy (non-hydrogen) atoms. The zero-order valence-corrected chi connectivity index (χ0v) is 46.5. The third-order valence-electron chi connectivity index (χ3n) is 15.3. The Morgan fingerprint density at radius 3 is 1.24 bits per heavy atom. The summed E-state index contributed by atoms with van der Waals surface area (Å²) in [5.41, 5.74) is 0. The van der Waals surface area contributed by atoms with E-state index in [-0.39, 0.29) is 18.9 Å². The summed E-state index contributed by atoms with van der Waals surface area (Å²) in [5, 5.41) is 120. The lowest BCUT2D eigenvalue weighted by atomic mass is 9.96. The van der Waals surface area contributed by atoms with E-state index in [2.05, 4.69) is 19.2 Å². The minimum atomic E-state index is -1.97. The Kier molecular flexibility index (Phi) is 37.6. The van der Waals surface area contributed by atoms with Crippen LogP contribution in [0.25, 0.3) is 0 Å². The Bertz CT molecular complexity index is 1450. The highest BCUT2D eigenvalue weighted by atomic mass is 16.8. The van der Waals surface area contributed by atoms with Crippen LogP contribution in [0.4, 0.5) is 0 Å². The van der Waals surface area contributed by atoms with Gasteiger partial charge in [0.25, 0.3) is 0 Å². The molecular formula is C57H107NO18. The Balaban J connectivity index is 1.51. The van der Waals surface area contributed by atoms with E-state index in [4.69, 9.17) is 28.4 Å². The molecule has 0 bridgehead atoms. The van der Waals surface area contributed by atoms with Gasteiger partial charge in [0.05, 0.1) is 38.6 Å². The molecule has 0 aliphatic carbocycles. The molecule has 448 valence electrons. The fourth-order valence-electron chi connectivity index (χ4n) is 10.4. The van der Waals surface area contributed by atoms with E-state index in [1.54, 1.807) is 6.08 Å². The average Bonchev–Trinajstić information content (AvgIpc) is 3.41. The number of amides is 1. The van der Waals surface area contributed by atoms with E-state index in [0.717, 1.165) is 44.9 Å². The molecule has 0 aromatic carbocycles. The molecule has 0 spiro atoms. The van der Waals surface area contributed by atoms with Crippen molar-refractivity contribution in [3.8, 4) is 0 Å². The topological polar surface area (TPSA) is 307 Å². The second kappa shape index (κ2) is 41.5. The van der Waals surface area contributed by atoms with Crippen LogP contribution in [0.2, 0.25) is 0 Å². The fraction of sp³-hybridized carbons (Fsp3) is 0.947. The summed E-state index contributed by atoms with van der Waals surface area (Å²) in [5.74, 6) is -0.274. The Labute approximate surface area is 455 Å². The van der Waals surface area contributed by atoms with E-state index in [1.807, 2.05) is 6.08 Å². The third-order valence-corrected chi connectivity index (χ3v) is 15.3. The minimum Gasteiger partial charge on any atom is -0.394 e. The van der Waals surface area contributed by atoms with Gasteiger partial charge in [-0.05, 0) is 19.3 Å². The molecule has 19 heteroatoms. The van der Waals surface area contributed by atoms with Crippen molar-refractivity contribution in [3.63, 3.8) is 0 Å². The van der Waals surface area contributed by atoms with Gasteiger partial charge in [-0.25, -0.2) is 0 Å². The number of carbonyl (C=O) groups excluding carboxylic acids is 1. The number of carbonyl (C=O) groups is 1. The van der Waals surface area contributed by atoms with Crippen molar-refractivity contribution in [2.24, 2.45) is 0 Å². The molecule has 0 aromatic rings. The number of allylic oxidation sites excluding steroid dienone is 1. The molecule has 1 amide bonds. The molecule has 3 aliphatic heterocycles. The molecule has 3 heterocycles. The van der Waals surface area contributed by atoms with Crippen molar-refractivity contribution >= 4 is 5.91 Å². The Morgan fingerprint density at radius 2 is 0.816 bits per heavy atom. The van der Waals surface area contributed by atoms with Crippen molar-refractivity contribution in [3.05, 3.63) is 12.2 Å². The number of aliphatic hydroxyl groups is 11. The molecule has 17 unspecified atom stereocenters. The minimum absolute atomic E-state index is 0.248. The normalized spacial score (nSPS) is 31.0. The van der Waals surface area contributed by atoms with Gasteiger partial charge in [-0.15, -0.1) is 0 Å². The predicted molar refractivity (Wildman–Crippen MR) is 287 cm³/mol. The summed E-state index contributed by atoms with van der Waals surface area (Å²) in [4.78, 5) is 13.3. The SMILES string of the molecule is CCCCCCCCCCCCCCCCCC/C=C/C(O)C(COC1OC(CO)C(OC2OC(CO)C(OC3OC(CO)C(O)C(O)C3O)C(O)C2O)C(O)C1O)NC(=O)CCCCCCCCCCCCCCC. The van der Waals surface area contributed by atoms with Crippen LogP contribution in [0.15, 0.2) is 12.2 Å². The van der Waals surface area contributed by atoms with Crippen LogP contribution in [0.5, 0.6) is 0 Å². The molecule has 19 nitrogen and oxygen atoms in total. The van der Waals surface area contributed by atoms with Gasteiger partial charge in [0, 0.05) is 6.42 Å². The van der Waals surface area contributed by atoms with Crippen LogP contribution in [0, 0.1) is 0 Å². The quantitative estimate of drug-likeness (QED) is 0.0283. The van der Waals surface area contributed by atoms with Crippen LogP contribution in [0.3, 0.4) is 0 Å². The highest BCUT2D eigenvalue weighted by Crippen LogP contribution is 2.33. The highest BCUT2D eigenvalue weighted by Gasteiger charge is 2.53. The summed E-state index contributed by atoms with van der Waals surface area (Å²) in [6, 6.07) is -0.966. The van der Waals surface area contributed by atoms with Gasteiger partial charge in [-0.2, -0.15) is 0 Å². The lowest BCUT2D eigenvalue weighted by Gasteiger charge is -2.48. The van der Waals surface area contributed by atoms with Gasteiger partial charge in [0.1, 0.15) is 73.2 Å². The lowest BCUT2D eigenvalue weighted by molar-refractivity contribution is -0.379.